The third kappa shape index (κ3) is 3.41. The van der Waals surface area contributed by atoms with E-state index in [2.05, 4.69) is 10.3 Å². The first-order valence-corrected chi connectivity index (χ1v) is 5.68. The highest BCUT2D eigenvalue weighted by Crippen LogP contribution is 2.21. The molecule has 0 unspecified atom stereocenters. The van der Waals surface area contributed by atoms with Crippen LogP contribution in [0.4, 0.5) is 17.6 Å². The van der Waals surface area contributed by atoms with Gasteiger partial charge in [-0.2, -0.15) is 8.78 Å². The first-order chi connectivity index (χ1) is 8.99. The Kier molecular flexibility index (Phi) is 3.99. The second-order valence-electron chi connectivity index (χ2n) is 4.22. The molecule has 0 saturated heterocycles. The van der Waals surface area contributed by atoms with Crippen molar-refractivity contribution in [1.29, 1.82) is 0 Å². The Hall–Kier alpha value is -1.69. The molecule has 0 radical (unpaired) electrons. The van der Waals surface area contributed by atoms with E-state index in [4.69, 9.17) is 0 Å². The third-order valence-corrected chi connectivity index (χ3v) is 2.71. The van der Waals surface area contributed by atoms with Crippen LogP contribution in [0.2, 0.25) is 0 Å². The van der Waals surface area contributed by atoms with E-state index < -0.39 is 18.9 Å². The van der Waals surface area contributed by atoms with Gasteiger partial charge in [-0.15, -0.1) is 0 Å². The van der Waals surface area contributed by atoms with Crippen molar-refractivity contribution in [1.82, 2.24) is 10.3 Å². The van der Waals surface area contributed by atoms with Crippen molar-refractivity contribution in [3.63, 3.8) is 0 Å². The lowest BCUT2D eigenvalue weighted by atomic mass is 10.1. The predicted molar refractivity (Wildman–Crippen MR) is 64.4 cm³/mol. The zero-order chi connectivity index (χ0) is 13.9. The summed E-state index contributed by atoms with van der Waals surface area (Å²) >= 11 is 0. The molecule has 2 nitrogen and oxygen atoms in total. The SMILES string of the molecule is FC(F)C(F)(F)CNCc1ccc2cnccc2c1. The Morgan fingerprint density at radius 3 is 2.68 bits per heavy atom. The van der Waals surface area contributed by atoms with Gasteiger partial charge in [-0.05, 0) is 23.1 Å². The Labute approximate surface area is 107 Å². The molecule has 0 bridgehead atoms. The Balaban J connectivity index is 1.98. The molecule has 0 aliphatic carbocycles. The summed E-state index contributed by atoms with van der Waals surface area (Å²) in [6.07, 6.45) is -0.329. The quantitative estimate of drug-likeness (QED) is 0.845. The second kappa shape index (κ2) is 5.52. The van der Waals surface area contributed by atoms with Crippen LogP contribution in [0.1, 0.15) is 5.56 Å². The minimum absolute atomic E-state index is 0.112. The van der Waals surface area contributed by atoms with Crippen LogP contribution in [-0.4, -0.2) is 23.9 Å². The molecule has 2 rings (SSSR count). The fourth-order valence-electron chi connectivity index (χ4n) is 1.69. The van der Waals surface area contributed by atoms with Crippen molar-refractivity contribution in [2.45, 2.75) is 18.9 Å². The van der Waals surface area contributed by atoms with Gasteiger partial charge >= 0.3 is 12.3 Å². The highest BCUT2D eigenvalue weighted by Gasteiger charge is 2.39. The topological polar surface area (TPSA) is 24.9 Å². The number of pyridine rings is 1. The number of halogens is 4. The van der Waals surface area contributed by atoms with E-state index in [-0.39, 0.29) is 6.54 Å². The summed E-state index contributed by atoms with van der Waals surface area (Å²) in [4.78, 5) is 3.96. The Bertz CT molecular complexity index is 557. The lowest BCUT2D eigenvalue weighted by molar-refractivity contribution is -0.125. The van der Waals surface area contributed by atoms with Crippen molar-refractivity contribution < 1.29 is 17.6 Å². The molecule has 1 aromatic heterocycles. The fraction of sp³-hybridized carbons (Fsp3) is 0.308. The zero-order valence-corrected chi connectivity index (χ0v) is 9.91. The third-order valence-electron chi connectivity index (χ3n) is 2.71. The maximum atomic E-state index is 12.7. The summed E-state index contributed by atoms with van der Waals surface area (Å²) in [7, 11) is 0. The number of alkyl halides is 4. The maximum absolute atomic E-state index is 12.7. The van der Waals surface area contributed by atoms with E-state index in [1.54, 1.807) is 24.5 Å². The molecule has 0 aliphatic heterocycles. The molecule has 1 aromatic carbocycles. The van der Waals surface area contributed by atoms with Crippen LogP contribution in [-0.2, 0) is 6.54 Å². The summed E-state index contributed by atoms with van der Waals surface area (Å²) in [5.74, 6) is -4.00. The number of benzene rings is 1. The molecular weight excluding hydrogens is 260 g/mol. The lowest BCUT2D eigenvalue weighted by Crippen LogP contribution is -2.38. The molecule has 0 saturated carbocycles. The summed E-state index contributed by atoms with van der Waals surface area (Å²) in [5, 5.41) is 4.20. The standard InChI is InChI=1S/C13H12F4N2/c14-12(15)13(16,17)8-19-6-9-1-2-11-7-18-4-3-10(11)5-9/h1-5,7,12,19H,6,8H2. The van der Waals surface area contributed by atoms with Crippen LogP contribution < -0.4 is 5.32 Å². The molecule has 0 atom stereocenters. The number of hydrogen-bond donors (Lipinski definition) is 1. The van der Waals surface area contributed by atoms with E-state index in [1.165, 1.54) is 0 Å². The second-order valence-corrected chi connectivity index (χ2v) is 4.22. The van der Waals surface area contributed by atoms with Crippen molar-refractivity contribution in [2.24, 2.45) is 0 Å². The van der Waals surface area contributed by atoms with Gasteiger partial charge in [-0.25, -0.2) is 8.78 Å². The lowest BCUT2D eigenvalue weighted by Gasteiger charge is -2.15. The number of nitrogens with one attached hydrogen (secondary N) is 1. The number of aromatic nitrogens is 1. The van der Waals surface area contributed by atoms with Gasteiger partial charge in [0.25, 0.3) is 0 Å². The molecule has 0 fully saturated rings. The van der Waals surface area contributed by atoms with Gasteiger partial charge < -0.3 is 5.32 Å². The van der Waals surface area contributed by atoms with Crippen LogP contribution in [0.3, 0.4) is 0 Å². The smallest absolute Gasteiger partial charge is 0.307 e. The minimum atomic E-state index is -4.00. The van der Waals surface area contributed by atoms with Gasteiger partial charge in [-0.3, -0.25) is 4.98 Å². The molecule has 0 spiro atoms. The first kappa shape index (κ1) is 13.7. The van der Waals surface area contributed by atoms with E-state index in [1.807, 2.05) is 12.1 Å². The minimum Gasteiger partial charge on any atom is -0.307 e. The van der Waals surface area contributed by atoms with E-state index >= 15 is 0 Å². The summed E-state index contributed by atoms with van der Waals surface area (Å²) in [6.45, 7) is -0.931. The fourth-order valence-corrected chi connectivity index (χ4v) is 1.69. The zero-order valence-electron chi connectivity index (χ0n) is 9.91. The highest BCUT2D eigenvalue weighted by atomic mass is 19.3. The molecule has 0 aliphatic rings. The molecule has 2 aromatic rings. The summed E-state index contributed by atoms with van der Waals surface area (Å²) < 4.78 is 49.3. The maximum Gasteiger partial charge on any atom is 0.319 e. The van der Waals surface area contributed by atoms with Crippen molar-refractivity contribution in [2.75, 3.05) is 6.54 Å². The van der Waals surface area contributed by atoms with Crippen LogP contribution in [0, 0.1) is 0 Å². The van der Waals surface area contributed by atoms with Crippen molar-refractivity contribution >= 4 is 10.8 Å². The molecule has 102 valence electrons. The van der Waals surface area contributed by atoms with Crippen molar-refractivity contribution in [3.05, 3.63) is 42.2 Å². The van der Waals surface area contributed by atoms with E-state index in [9.17, 15) is 17.6 Å². The van der Waals surface area contributed by atoms with Gasteiger partial charge in [0.15, 0.2) is 0 Å². The van der Waals surface area contributed by atoms with Gasteiger partial charge in [0.1, 0.15) is 0 Å². The molecule has 0 amide bonds. The Morgan fingerprint density at radius 2 is 1.95 bits per heavy atom. The molecule has 6 heteroatoms. The number of nitrogens with zero attached hydrogens (tertiary/aromatic N) is 1. The van der Waals surface area contributed by atoms with Crippen molar-refractivity contribution in [3.8, 4) is 0 Å². The number of rotatable bonds is 5. The normalized spacial score (nSPS) is 12.3. The van der Waals surface area contributed by atoms with Crippen LogP contribution >= 0.6 is 0 Å². The van der Waals surface area contributed by atoms with Crippen LogP contribution in [0.25, 0.3) is 10.8 Å². The summed E-state index contributed by atoms with van der Waals surface area (Å²) in [6, 6.07) is 7.17. The van der Waals surface area contributed by atoms with E-state index in [0.29, 0.717) is 0 Å². The molecule has 1 heterocycles. The average molecular weight is 272 g/mol. The molecular formula is C13H12F4N2. The highest BCUT2D eigenvalue weighted by molar-refractivity contribution is 5.81. The largest absolute Gasteiger partial charge is 0.319 e. The average Bonchev–Trinajstić information content (AvgIpc) is 2.38. The number of fused-ring (bicyclic) bond motifs is 1. The van der Waals surface area contributed by atoms with Gasteiger partial charge in [-0.1, -0.05) is 12.1 Å². The van der Waals surface area contributed by atoms with E-state index in [0.717, 1.165) is 16.3 Å². The molecule has 1 N–H and O–H groups in total. The van der Waals surface area contributed by atoms with Crippen LogP contribution in [0.5, 0.6) is 0 Å². The summed E-state index contributed by atoms with van der Waals surface area (Å²) in [5.41, 5.74) is 0.753. The van der Waals surface area contributed by atoms with Crippen LogP contribution in [0.15, 0.2) is 36.7 Å². The van der Waals surface area contributed by atoms with Gasteiger partial charge in [0.05, 0.1) is 6.54 Å². The molecule has 19 heavy (non-hydrogen) atoms. The first-order valence-electron chi connectivity index (χ1n) is 5.68. The number of hydrogen-bond acceptors (Lipinski definition) is 2. The predicted octanol–water partition coefficient (Wildman–Crippen LogP) is 3.22. The van der Waals surface area contributed by atoms with Gasteiger partial charge in [0, 0.05) is 24.3 Å². The monoisotopic (exact) mass is 272 g/mol. The Morgan fingerprint density at radius 1 is 1.16 bits per heavy atom. The van der Waals surface area contributed by atoms with Gasteiger partial charge in [0.2, 0.25) is 0 Å².